The van der Waals surface area contributed by atoms with Gasteiger partial charge < -0.3 is 14.6 Å². The second-order valence-electron chi connectivity index (χ2n) is 5.51. The number of methoxy groups -OCH3 is 1. The van der Waals surface area contributed by atoms with Gasteiger partial charge >= 0.3 is 0 Å². The maximum absolute atomic E-state index is 12.9. The first-order chi connectivity index (χ1) is 12.3. The number of carbonyl (C=O) groups excluding carboxylic acids is 1. The van der Waals surface area contributed by atoms with E-state index in [4.69, 9.17) is 9.26 Å². The standard InChI is InChI=1S/C16H20BrN3O5S/c1-12-10-15(19-25-12)18-16(21)11-20(8-3-9-24-2)26(22,23)14-6-4-13(17)5-7-14/h4-7,10H,3,8-9,11H2,1-2H3,(H,18,19,21). The smallest absolute Gasteiger partial charge is 0.243 e. The molecule has 142 valence electrons. The summed E-state index contributed by atoms with van der Waals surface area (Å²) < 4.78 is 37.5. The molecule has 0 radical (unpaired) electrons. The van der Waals surface area contributed by atoms with Crippen molar-refractivity contribution in [3.63, 3.8) is 0 Å². The number of hydrogen-bond donors (Lipinski definition) is 1. The maximum Gasteiger partial charge on any atom is 0.243 e. The number of nitrogens with one attached hydrogen (secondary N) is 1. The van der Waals surface area contributed by atoms with E-state index in [1.54, 1.807) is 25.1 Å². The molecule has 1 aromatic carbocycles. The molecule has 8 nitrogen and oxygen atoms in total. The van der Waals surface area contributed by atoms with Crippen LogP contribution in [0.3, 0.4) is 0 Å². The van der Waals surface area contributed by atoms with Crippen LogP contribution in [-0.4, -0.2) is 50.6 Å². The van der Waals surface area contributed by atoms with Crippen molar-refractivity contribution in [1.82, 2.24) is 9.46 Å². The number of benzene rings is 1. The third-order valence-corrected chi connectivity index (χ3v) is 5.81. The zero-order chi connectivity index (χ0) is 19.2. The third kappa shape index (κ3) is 5.63. The van der Waals surface area contributed by atoms with E-state index in [1.807, 2.05) is 0 Å². The van der Waals surface area contributed by atoms with Gasteiger partial charge in [-0.15, -0.1) is 0 Å². The fourth-order valence-corrected chi connectivity index (χ4v) is 3.89. The zero-order valence-corrected chi connectivity index (χ0v) is 16.8. The number of nitrogens with zero attached hydrogens (tertiary/aromatic N) is 2. The minimum Gasteiger partial charge on any atom is -0.385 e. The third-order valence-electron chi connectivity index (χ3n) is 3.42. The van der Waals surface area contributed by atoms with Crippen molar-refractivity contribution in [3.8, 4) is 0 Å². The summed E-state index contributed by atoms with van der Waals surface area (Å²) in [5.41, 5.74) is 0. The summed E-state index contributed by atoms with van der Waals surface area (Å²) >= 11 is 3.27. The quantitative estimate of drug-likeness (QED) is 0.594. The highest BCUT2D eigenvalue weighted by molar-refractivity contribution is 9.10. The molecule has 0 aliphatic rings. The van der Waals surface area contributed by atoms with Crippen molar-refractivity contribution < 1.29 is 22.5 Å². The molecule has 26 heavy (non-hydrogen) atoms. The van der Waals surface area contributed by atoms with Gasteiger partial charge in [0.15, 0.2) is 5.82 Å². The monoisotopic (exact) mass is 445 g/mol. The van der Waals surface area contributed by atoms with Crippen molar-refractivity contribution in [2.24, 2.45) is 0 Å². The number of rotatable bonds is 9. The van der Waals surface area contributed by atoms with Crippen LogP contribution in [0.2, 0.25) is 0 Å². The summed E-state index contributed by atoms with van der Waals surface area (Å²) in [5, 5.41) is 6.20. The van der Waals surface area contributed by atoms with Crippen LogP contribution in [0.25, 0.3) is 0 Å². The van der Waals surface area contributed by atoms with Crippen LogP contribution in [0, 0.1) is 6.92 Å². The summed E-state index contributed by atoms with van der Waals surface area (Å²) in [6.45, 7) is 1.89. The first-order valence-electron chi connectivity index (χ1n) is 7.81. The highest BCUT2D eigenvalue weighted by Gasteiger charge is 2.26. The Bertz CT molecular complexity index is 836. The average Bonchev–Trinajstić information content (AvgIpc) is 2.99. The van der Waals surface area contributed by atoms with E-state index in [0.29, 0.717) is 18.8 Å². The maximum atomic E-state index is 12.9. The van der Waals surface area contributed by atoms with Gasteiger partial charge in [0.25, 0.3) is 0 Å². The number of amides is 1. The Morgan fingerprint density at radius 3 is 2.62 bits per heavy atom. The van der Waals surface area contributed by atoms with E-state index in [1.165, 1.54) is 19.2 Å². The number of halogens is 1. The van der Waals surface area contributed by atoms with Gasteiger partial charge in [-0.2, -0.15) is 4.31 Å². The Balaban J connectivity index is 2.15. The second kappa shape index (κ2) is 9.26. The van der Waals surface area contributed by atoms with Gasteiger partial charge in [-0.3, -0.25) is 4.79 Å². The Kier molecular flexibility index (Phi) is 7.33. The Morgan fingerprint density at radius 1 is 1.35 bits per heavy atom. The molecule has 0 unspecified atom stereocenters. The summed E-state index contributed by atoms with van der Waals surface area (Å²) in [6.07, 6.45) is 0.461. The van der Waals surface area contributed by atoms with E-state index < -0.39 is 15.9 Å². The van der Waals surface area contributed by atoms with Gasteiger partial charge in [0, 0.05) is 30.8 Å². The van der Waals surface area contributed by atoms with Crippen molar-refractivity contribution in [2.75, 3.05) is 32.1 Å². The van der Waals surface area contributed by atoms with Gasteiger partial charge in [0.1, 0.15) is 5.76 Å². The normalized spacial score (nSPS) is 11.7. The number of ether oxygens (including phenoxy) is 1. The van der Waals surface area contributed by atoms with Crippen molar-refractivity contribution >= 4 is 37.7 Å². The highest BCUT2D eigenvalue weighted by atomic mass is 79.9. The van der Waals surface area contributed by atoms with E-state index in [-0.39, 0.29) is 23.8 Å². The lowest BCUT2D eigenvalue weighted by atomic mass is 10.4. The van der Waals surface area contributed by atoms with Crippen LogP contribution < -0.4 is 5.32 Å². The molecule has 0 saturated carbocycles. The van der Waals surface area contributed by atoms with Crippen LogP contribution in [0.1, 0.15) is 12.2 Å². The van der Waals surface area contributed by atoms with Crippen LogP contribution in [0.5, 0.6) is 0 Å². The summed E-state index contributed by atoms with van der Waals surface area (Å²) in [4.78, 5) is 12.4. The van der Waals surface area contributed by atoms with Crippen LogP contribution in [0.4, 0.5) is 5.82 Å². The second-order valence-corrected chi connectivity index (χ2v) is 8.36. The van der Waals surface area contributed by atoms with Gasteiger partial charge in [0.2, 0.25) is 15.9 Å². The topological polar surface area (TPSA) is 102 Å². The number of carbonyl (C=O) groups is 1. The molecule has 0 fully saturated rings. The van der Waals surface area contributed by atoms with E-state index in [0.717, 1.165) is 8.78 Å². The molecule has 2 rings (SSSR count). The molecule has 1 aromatic heterocycles. The Morgan fingerprint density at radius 2 is 2.04 bits per heavy atom. The molecule has 0 saturated heterocycles. The fourth-order valence-electron chi connectivity index (χ4n) is 2.19. The molecule has 0 bridgehead atoms. The first kappa shape index (κ1) is 20.6. The summed E-state index contributed by atoms with van der Waals surface area (Å²) in [7, 11) is -2.29. The number of sulfonamides is 1. The van der Waals surface area contributed by atoms with Gasteiger partial charge in [-0.25, -0.2) is 8.42 Å². The molecule has 0 aliphatic carbocycles. The number of aromatic nitrogens is 1. The molecular weight excluding hydrogens is 426 g/mol. The molecule has 1 N–H and O–H groups in total. The Labute approximate surface area is 160 Å². The van der Waals surface area contributed by atoms with E-state index >= 15 is 0 Å². The minimum absolute atomic E-state index is 0.114. The number of anilines is 1. The Hall–Kier alpha value is -1.75. The van der Waals surface area contributed by atoms with Crippen molar-refractivity contribution in [3.05, 3.63) is 40.6 Å². The molecule has 2 aromatic rings. The zero-order valence-electron chi connectivity index (χ0n) is 14.4. The lowest BCUT2D eigenvalue weighted by molar-refractivity contribution is -0.116. The largest absolute Gasteiger partial charge is 0.385 e. The molecule has 1 amide bonds. The average molecular weight is 446 g/mol. The highest BCUT2D eigenvalue weighted by Crippen LogP contribution is 2.19. The number of hydrogen-bond acceptors (Lipinski definition) is 6. The van der Waals surface area contributed by atoms with E-state index in [2.05, 4.69) is 26.4 Å². The summed E-state index contributed by atoms with van der Waals surface area (Å²) in [5.74, 6) is 0.279. The number of aryl methyl sites for hydroxylation is 1. The van der Waals surface area contributed by atoms with E-state index in [9.17, 15) is 13.2 Å². The molecule has 1 heterocycles. The molecule has 0 aliphatic heterocycles. The van der Waals surface area contributed by atoms with Crippen LogP contribution in [0.15, 0.2) is 44.2 Å². The van der Waals surface area contributed by atoms with Gasteiger partial charge in [0.05, 0.1) is 11.4 Å². The first-order valence-corrected chi connectivity index (χ1v) is 10.0. The lowest BCUT2D eigenvalue weighted by Crippen LogP contribution is -2.39. The van der Waals surface area contributed by atoms with Gasteiger partial charge in [-0.05, 0) is 37.6 Å². The molecule has 0 atom stereocenters. The minimum atomic E-state index is -3.83. The lowest BCUT2D eigenvalue weighted by Gasteiger charge is -2.21. The predicted octanol–water partition coefficient (Wildman–Crippen LogP) is 2.41. The predicted molar refractivity (Wildman–Crippen MR) is 99.3 cm³/mol. The summed E-state index contributed by atoms with van der Waals surface area (Å²) in [6, 6.07) is 7.80. The van der Waals surface area contributed by atoms with Gasteiger partial charge in [-0.1, -0.05) is 21.1 Å². The van der Waals surface area contributed by atoms with Crippen LogP contribution >= 0.6 is 15.9 Å². The van der Waals surface area contributed by atoms with Crippen molar-refractivity contribution in [2.45, 2.75) is 18.2 Å². The SMILES string of the molecule is COCCCN(CC(=O)Nc1cc(C)on1)S(=O)(=O)c1ccc(Br)cc1. The van der Waals surface area contributed by atoms with Crippen molar-refractivity contribution in [1.29, 1.82) is 0 Å². The molecule has 10 heteroatoms. The fraction of sp³-hybridized carbons (Fsp3) is 0.375. The molecule has 0 spiro atoms. The van der Waals surface area contributed by atoms with Crippen LogP contribution in [-0.2, 0) is 19.6 Å². The molecular formula is C16H20BrN3O5S.